The summed E-state index contributed by atoms with van der Waals surface area (Å²) >= 11 is 18.5. The molecule has 10 heterocycles. The highest BCUT2D eigenvalue weighted by molar-refractivity contribution is 6.32. The fraction of sp³-hybridized carbons (Fsp3) is 0.429. The Morgan fingerprint density at radius 3 is 0.842 bits per heavy atom. The van der Waals surface area contributed by atoms with Crippen molar-refractivity contribution in [1.82, 2.24) is 51.5 Å². The third kappa shape index (κ3) is 24.2. The smallest absolute Gasteiger partial charge is 0.265 e. The number of halogens is 7. The van der Waals surface area contributed by atoms with Gasteiger partial charge in [0, 0.05) is 164 Å². The van der Waals surface area contributed by atoms with E-state index in [1.807, 2.05) is 110 Å². The van der Waals surface area contributed by atoms with Crippen LogP contribution in [0.5, 0.6) is 5.75 Å². The van der Waals surface area contributed by atoms with Crippen LogP contribution in [0.3, 0.4) is 0 Å². The summed E-state index contributed by atoms with van der Waals surface area (Å²) in [6.45, 7) is 5.46. The fourth-order valence-electron chi connectivity index (χ4n) is 19.4. The van der Waals surface area contributed by atoms with Gasteiger partial charge in [-0.1, -0.05) is 120 Å². The van der Waals surface area contributed by atoms with Gasteiger partial charge in [0.25, 0.3) is 34.2 Å². The van der Waals surface area contributed by atoms with Crippen LogP contribution in [0.1, 0.15) is 332 Å². The zero-order chi connectivity index (χ0) is 93.6. The van der Waals surface area contributed by atoms with Crippen molar-refractivity contribution in [2.45, 2.75) is 277 Å². The number of carbonyl (C=O) groups is 5. The van der Waals surface area contributed by atoms with Crippen LogP contribution in [0.15, 0.2) is 176 Å². The van der Waals surface area contributed by atoms with Gasteiger partial charge < -0.3 is 56.2 Å². The molecule has 5 aromatic carbocycles. The highest BCUT2D eigenvalue weighted by atomic mass is 35.5. The van der Waals surface area contributed by atoms with Gasteiger partial charge in [-0.05, 0) is 290 Å². The number of rotatable bonds is 27. The summed E-state index contributed by atoms with van der Waals surface area (Å²) in [6, 6.07) is 46.3. The van der Waals surface area contributed by atoms with Crippen molar-refractivity contribution in [2.75, 3.05) is 7.11 Å². The summed E-state index contributed by atoms with van der Waals surface area (Å²) in [5.74, 6) is 1.88. The van der Waals surface area contributed by atoms with Gasteiger partial charge in [0.2, 0.25) is 29.5 Å². The topological polar surface area (TPSA) is 319 Å². The maximum absolute atomic E-state index is 14.1. The number of methoxy groups -OCH3 is 1. The van der Waals surface area contributed by atoms with Gasteiger partial charge >= 0.3 is 0 Å². The summed E-state index contributed by atoms with van der Waals surface area (Å²) in [5, 5.41) is 16.3. The van der Waals surface area contributed by atoms with Crippen LogP contribution in [0.25, 0.3) is 0 Å². The number of amides is 5. The Labute approximate surface area is 783 Å². The summed E-state index contributed by atoms with van der Waals surface area (Å²) in [4.78, 5) is 136. The monoisotopic (exact) mass is 1870 g/mol. The van der Waals surface area contributed by atoms with Gasteiger partial charge in [-0.15, -0.1) is 0 Å². The first-order valence-corrected chi connectivity index (χ1v) is 47.9. The van der Waals surface area contributed by atoms with Crippen LogP contribution < -0.4 is 59.1 Å². The molecule has 5 aliphatic heterocycles. The minimum atomic E-state index is -2.65. The number of aromatic nitrogens is 5. The van der Waals surface area contributed by atoms with E-state index < -0.39 is 6.43 Å². The van der Waals surface area contributed by atoms with Gasteiger partial charge in [-0.25, -0.2) is 17.6 Å². The molecule has 5 unspecified atom stereocenters. The zero-order valence-corrected chi connectivity index (χ0v) is 77.3. The lowest BCUT2D eigenvalue weighted by atomic mass is 9.87. The molecule has 5 saturated carbocycles. The number of alkyl halides is 2. The number of ether oxygens (including phenoxy) is 1. The van der Waals surface area contributed by atoms with E-state index in [1.54, 1.807) is 45.2 Å². The minimum absolute atomic E-state index is 0.00335. The Hall–Kier alpha value is -11.4. The average molecular weight is 1870 g/mol. The molecule has 698 valence electrons. The average Bonchev–Trinajstić information content (AvgIpc) is 1.78. The summed E-state index contributed by atoms with van der Waals surface area (Å²) in [5.41, 5.74) is 14.8. The van der Waals surface area contributed by atoms with Crippen molar-refractivity contribution in [3.05, 3.63) is 336 Å². The van der Waals surface area contributed by atoms with E-state index in [1.165, 1.54) is 18.2 Å². The van der Waals surface area contributed by atoms with E-state index in [0.717, 1.165) is 192 Å². The molecule has 10 atom stereocenters. The number of pyridine rings is 5. The molecule has 0 spiro atoms. The Morgan fingerprint density at radius 2 is 0.579 bits per heavy atom. The predicted octanol–water partition coefficient (Wildman–Crippen LogP) is 19.4. The van der Waals surface area contributed by atoms with Crippen molar-refractivity contribution in [2.24, 2.45) is 0 Å². The second-order valence-corrected chi connectivity index (χ2v) is 39.0. The van der Waals surface area contributed by atoms with Gasteiger partial charge in [-0.2, -0.15) is 0 Å². The Morgan fingerprint density at radius 1 is 0.301 bits per heavy atom. The molecule has 20 rings (SSSR count). The quantitative estimate of drug-likeness (QED) is 0.0216. The van der Waals surface area contributed by atoms with Gasteiger partial charge in [-0.3, -0.25) is 47.9 Å². The second kappa shape index (κ2) is 42.0. The van der Waals surface area contributed by atoms with Gasteiger partial charge in [0.05, 0.1) is 12.1 Å². The van der Waals surface area contributed by atoms with Crippen LogP contribution in [0, 0.1) is 32.4 Å². The van der Waals surface area contributed by atoms with Crippen LogP contribution in [-0.2, 0) is 24.0 Å². The Balaban J connectivity index is 0.000000121. The molecule has 5 saturated heterocycles. The van der Waals surface area contributed by atoms with E-state index in [2.05, 4.69) is 57.6 Å². The molecular weight excluding hydrogens is 1760 g/mol. The largest absolute Gasteiger partial charge is 0.495 e. The molecule has 10 aromatic rings. The van der Waals surface area contributed by atoms with Crippen molar-refractivity contribution < 1.29 is 46.3 Å². The van der Waals surface area contributed by atoms with E-state index in [9.17, 15) is 65.5 Å². The molecule has 10 aliphatic rings. The predicted molar refractivity (Wildman–Crippen MR) is 506 cm³/mol. The molecule has 0 bridgehead atoms. The Kier molecular flexibility index (Phi) is 29.9. The number of aromatic amines is 5. The molecule has 21 nitrogen and oxygen atoms in total. The van der Waals surface area contributed by atoms with E-state index >= 15 is 0 Å². The molecule has 10 fully saturated rings. The highest BCUT2D eigenvalue weighted by Gasteiger charge is 2.37. The molecule has 0 radical (unpaired) electrons. The van der Waals surface area contributed by atoms with Crippen LogP contribution in [0.2, 0.25) is 15.1 Å². The summed E-state index contributed by atoms with van der Waals surface area (Å²) in [6.07, 6.45) is 18.1. The first-order chi connectivity index (χ1) is 64.0. The second-order valence-electron chi connectivity index (χ2n) is 37.8. The van der Waals surface area contributed by atoms with Crippen molar-refractivity contribution >= 4 is 64.3 Å². The molecule has 5 amide bonds. The number of nitrogens with one attached hydrogen (secondary N) is 10. The Bertz CT molecular complexity index is 5980. The van der Waals surface area contributed by atoms with E-state index in [0.29, 0.717) is 115 Å². The lowest BCUT2D eigenvalue weighted by molar-refractivity contribution is -0.120. The van der Waals surface area contributed by atoms with Crippen molar-refractivity contribution in [3.8, 4) is 5.75 Å². The van der Waals surface area contributed by atoms with Gasteiger partial charge in [0.15, 0.2) is 0 Å². The minimum Gasteiger partial charge on any atom is -0.495 e. The number of aryl methyl sites for hydroxylation is 3. The van der Waals surface area contributed by atoms with Gasteiger partial charge in [0.1, 0.15) is 17.4 Å². The number of hydrogen-bond acceptors (Lipinski definition) is 11. The molecule has 10 N–H and O–H groups in total. The van der Waals surface area contributed by atoms with Crippen LogP contribution in [-0.4, -0.2) is 91.8 Å². The molecule has 133 heavy (non-hydrogen) atoms. The van der Waals surface area contributed by atoms with Crippen LogP contribution in [0.4, 0.5) is 17.6 Å². The fourth-order valence-corrected chi connectivity index (χ4v) is 20.0. The number of H-pyrrole nitrogens is 5. The summed E-state index contributed by atoms with van der Waals surface area (Å²) < 4.78 is 59.3. The van der Waals surface area contributed by atoms with E-state index in [-0.39, 0.29) is 139 Å². The van der Waals surface area contributed by atoms with Crippen molar-refractivity contribution in [3.63, 3.8) is 0 Å². The molecule has 5 aromatic heterocycles. The summed E-state index contributed by atoms with van der Waals surface area (Å²) in [7, 11) is 1.59. The zero-order valence-electron chi connectivity index (χ0n) is 75.0. The number of benzene rings is 5. The normalized spacial score (nSPS) is 20.7. The first-order valence-electron chi connectivity index (χ1n) is 46.8. The maximum atomic E-state index is 14.1. The molecule has 5 aliphatic carbocycles. The third-order valence-corrected chi connectivity index (χ3v) is 28.9. The molecular formula is C105H113Cl3F4N10O11. The van der Waals surface area contributed by atoms with Crippen molar-refractivity contribution in [1.29, 1.82) is 0 Å². The SMILES string of the molecule is COc1cc(C(C[C@H]2CCC(=O)N2)c2ccc(C3CC3)c(=O)[nH]2)ccc1Cl.Cc1cc(C(C[C@H]2CCC(=O)N2)c2ccc(C3CC3)c(=O)[nH]2)ccc1Cl.Cc1cc(C(C[C@H]2CCC(=O)N2)c2ccc(C3CC3)c(=O)[nH]2)ccc1F.Cc1ccc(C(C[C@H]2CCC(=O)N2)c2ccc(C3CC3)c(=O)[nH]2)cc1F.O=C1CC[C@H](CC(c2ccc(C(F)F)c(Cl)c2)c2ccc(C3CC3)c(=O)[nH]2)N1. The molecule has 28 heteroatoms. The van der Waals surface area contributed by atoms with E-state index in [4.69, 9.17) is 39.5 Å². The maximum Gasteiger partial charge on any atom is 0.265 e. The lowest BCUT2D eigenvalue weighted by Gasteiger charge is -2.22. The lowest BCUT2D eigenvalue weighted by Crippen LogP contribution is -2.28. The highest BCUT2D eigenvalue weighted by Crippen LogP contribution is 2.46. The standard InChI is InChI=1S/C21H21ClF2N2O2.C21H23ClN2O3.C21H23ClN2O2.2C21H23FN2O2/c22-17-9-12(3-5-15(17)20(23)24)16(10-13-4-8-19(27)25-13)18-7-6-14(11-1-2-11)21(28)26-18;1-27-19-10-13(4-7-17(19)22)16(11-14-5-9-20(25)23-14)18-8-6-15(12-2-3-12)21(26)24-18;2*1-12-10-14(4-7-18(12)22)17(11-15-5-9-20(25)23-15)19-8-6-16(13-2-3-13)21(26)24-19;1-12-2-3-14(10-18(12)22)17(11-15-6-9-20(25)23-15)19-8-7-16(13-4-5-13)21(26)24-19/h3,5-7,9,11,13,16,20H,1-2,4,8,10H2,(H,25,27)(H,26,28);4,6-8,10,12,14,16H,2-3,5,9,11H2,1H3,(H,23,25)(H,24,26);2*4,6-8,10,13,15,17H,2-3,5,9,11H2,1H3,(H,23,25)(H,24,26);2-3,7-8,10,13,15,17H,4-6,9,11H2,1H3,(H,23,25)(H,24,26)/t13-,16?;14-,16?;3*15-,17?/m11111/s1. The van der Waals surface area contributed by atoms with Crippen LogP contribution >= 0.6 is 34.8 Å². The third-order valence-electron chi connectivity index (χ3n) is 27.8. The number of carbonyl (C=O) groups excluding carboxylic acids is 5. The first kappa shape index (κ1) is 94.8. The number of hydrogen-bond donors (Lipinski definition) is 10.